The molecule has 0 unspecified atom stereocenters. The Hall–Kier alpha value is -5.48. The molecular formula is C74H89BN2O. The molecule has 4 aliphatic carbocycles. The predicted octanol–water partition coefficient (Wildman–Crippen LogP) is 18.9. The maximum Gasteiger partial charge on any atom is 0.257 e. The van der Waals surface area contributed by atoms with Crippen LogP contribution in [0.4, 0.5) is 34.3 Å². The summed E-state index contributed by atoms with van der Waals surface area (Å²) in [5.41, 5.74) is 27.3. The summed E-state index contributed by atoms with van der Waals surface area (Å²) in [4.78, 5) is 5.30. The Morgan fingerprint density at radius 3 is 1.32 bits per heavy atom. The molecule has 7 aromatic rings. The molecule has 404 valence electrons. The number of hydrogen-bond acceptors (Lipinski definition) is 3. The highest BCUT2D eigenvalue weighted by Gasteiger charge is 2.51. The van der Waals surface area contributed by atoms with Crippen LogP contribution in [0.2, 0.25) is 0 Å². The molecule has 13 rings (SSSR count). The second kappa shape index (κ2) is 16.1. The third kappa shape index (κ3) is 7.55. The third-order valence-corrected chi connectivity index (χ3v) is 21.9. The first kappa shape index (κ1) is 51.9. The molecule has 3 heterocycles. The topological polar surface area (TPSA) is 19.6 Å². The van der Waals surface area contributed by atoms with E-state index in [2.05, 4.69) is 238 Å². The van der Waals surface area contributed by atoms with Crippen molar-refractivity contribution in [2.75, 3.05) is 9.80 Å². The lowest BCUT2D eigenvalue weighted by molar-refractivity contribution is 0.332. The van der Waals surface area contributed by atoms with Gasteiger partial charge in [-0.1, -0.05) is 174 Å². The van der Waals surface area contributed by atoms with Gasteiger partial charge in [0.1, 0.15) is 5.58 Å². The van der Waals surface area contributed by atoms with E-state index in [9.17, 15) is 0 Å². The van der Waals surface area contributed by atoms with Crippen LogP contribution in [0.5, 0.6) is 0 Å². The average molecular weight is 1030 g/mol. The number of rotatable bonds is 3. The molecule has 6 aliphatic rings. The first-order chi connectivity index (χ1) is 36.2. The van der Waals surface area contributed by atoms with Gasteiger partial charge >= 0.3 is 0 Å². The number of fused-ring (bicyclic) bond motifs is 10. The van der Waals surface area contributed by atoms with Crippen LogP contribution in [0.1, 0.15) is 233 Å². The van der Waals surface area contributed by atoms with Gasteiger partial charge in [-0.2, -0.15) is 0 Å². The van der Waals surface area contributed by atoms with Crippen LogP contribution < -0.4 is 26.2 Å². The van der Waals surface area contributed by atoms with E-state index >= 15 is 0 Å². The predicted molar refractivity (Wildman–Crippen MR) is 336 cm³/mol. The highest BCUT2D eigenvalue weighted by atomic mass is 16.4. The molecule has 3 nitrogen and oxygen atoms in total. The minimum Gasteiger partial charge on any atom is -0.440 e. The number of furan rings is 1. The molecule has 4 heteroatoms. The van der Waals surface area contributed by atoms with Gasteiger partial charge in [0.2, 0.25) is 5.88 Å². The van der Waals surface area contributed by atoms with E-state index in [1.165, 1.54) is 131 Å². The van der Waals surface area contributed by atoms with E-state index in [1.807, 2.05) is 0 Å². The normalized spacial score (nSPS) is 21.9. The van der Waals surface area contributed by atoms with Crippen LogP contribution in [0, 0.1) is 0 Å². The Morgan fingerprint density at radius 1 is 0.372 bits per heavy atom. The summed E-state index contributed by atoms with van der Waals surface area (Å²) in [5, 5.41) is 1.26. The summed E-state index contributed by atoms with van der Waals surface area (Å²) in [6.45, 7) is 46.5. The minimum atomic E-state index is -0.0863. The van der Waals surface area contributed by atoms with E-state index in [1.54, 1.807) is 0 Å². The summed E-state index contributed by atoms with van der Waals surface area (Å²) in [5.74, 6) is 0.968. The third-order valence-electron chi connectivity index (χ3n) is 21.9. The average Bonchev–Trinajstić information content (AvgIpc) is 2.83. The minimum absolute atomic E-state index is 0.0151. The van der Waals surface area contributed by atoms with Crippen molar-refractivity contribution in [3.63, 3.8) is 0 Å². The molecule has 0 bridgehead atoms. The summed E-state index contributed by atoms with van der Waals surface area (Å²) in [7, 11) is 0. The van der Waals surface area contributed by atoms with Crippen molar-refractivity contribution in [3.8, 4) is 11.1 Å². The first-order valence-electron chi connectivity index (χ1n) is 30.2. The van der Waals surface area contributed by atoms with Crippen molar-refractivity contribution >= 4 is 68.4 Å². The molecule has 0 saturated heterocycles. The molecule has 0 fully saturated rings. The Balaban J connectivity index is 1.20. The number of hydrogen-bond donors (Lipinski definition) is 0. The molecule has 6 aromatic carbocycles. The Bertz CT molecular complexity index is 3690. The van der Waals surface area contributed by atoms with Crippen molar-refractivity contribution < 1.29 is 4.42 Å². The second-order valence-electron chi connectivity index (χ2n) is 32.1. The molecular weight excluding hydrogens is 944 g/mol. The molecule has 1 aromatic heterocycles. The fourth-order valence-electron chi connectivity index (χ4n) is 15.9. The van der Waals surface area contributed by atoms with Crippen molar-refractivity contribution in [1.82, 2.24) is 0 Å². The van der Waals surface area contributed by atoms with Crippen LogP contribution >= 0.6 is 0 Å². The van der Waals surface area contributed by atoms with E-state index in [-0.39, 0.29) is 55.4 Å². The van der Waals surface area contributed by atoms with Gasteiger partial charge in [-0.3, -0.25) is 4.90 Å². The largest absolute Gasteiger partial charge is 0.440 e. The molecule has 0 N–H and O–H groups in total. The van der Waals surface area contributed by atoms with Crippen molar-refractivity contribution in [1.29, 1.82) is 0 Å². The van der Waals surface area contributed by atoms with Crippen LogP contribution in [0.25, 0.3) is 22.1 Å². The molecule has 0 amide bonds. The van der Waals surface area contributed by atoms with Crippen LogP contribution in [0.15, 0.2) is 101 Å². The van der Waals surface area contributed by atoms with Crippen LogP contribution in [-0.4, -0.2) is 6.71 Å². The number of benzene rings is 6. The van der Waals surface area contributed by atoms with Gasteiger partial charge in [0.25, 0.3) is 6.71 Å². The van der Waals surface area contributed by atoms with Gasteiger partial charge in [0, 0.05) is 39.3 Å². The zero-order valence-electron chi connectivity index (χ0n) is 51.3. The van der Waals surface area contributed by atoms with Gasteiger partial charge in [0.05, 0.1) is 0 Å². The first-order valence-corrected chi connectivity index (χ1v) is 30.2. The molecule has 0 spiro atoms. The molecule has 2 aliphatic heterocycles. The van der Waals surface area contributed by atoms with Gasteiger partial charge in [-0.15, -0.1) is 0 Å². The lowest BCUT2D eigenvalue weighted by Crippen LogP contribution is -2.61. The van der Waals surface area contributed by atoms with Gasteiger partial charge in [0.15, 0.2) is 0 Å². The van der Waals surface area contributed by atoms with E-state index < -0.39 is 0 Å². The zero-order chi connectivity index (χ0) is 55.6. The fourth-order valence-corrected chi connectivity index (χ4v) is 15.9. The van der Waals surface area contributed by atoms with Gasteiger partial charge < -0.3 is 9.32 Å². The molecule has 0 atom stereocenters. The lowest BCUT2D eigenvalue weighted by atomic mass is 9.33. The zero-order valence-corrected chi connectivity index (χ0v) is 51.3. The van der Waals surface area contributed by atoms with Gasteiger partial charge in [-0.05, 0) is 227 Å². The summed E-state index contributed by atoms with van der Waals surface area (Å²) in [6.07, 6.45) is 9.32. The molecule has 0 saturated carbocycles. The number of anilines is 6. The molecule has 78 heavy (non-hydrogen) atoms. The van der Waals surface area contributed by atoms with Crippen molar-refractivity contribution in [2.45, 2.75) is 232 Å². The van der Waals surface area contributed by atoms with Crippen LogP contribution in [-0.2, 0) is 48.7 Å². The second-order valence-corrected chi connectivity index (χ2v) is 32.1. The molecule has 0 radical (unpaired) electrons. The highest BCUT2D eigenvalue weighted by molar-refractivity contribution is 7.01. The smallest absolute Gasteiger partial charge is 0.257 e. The summed E-state index contributed by atoms with van der Waals surface area (Å²) in [6, 6.07) is 40.3. The SMILES string of the molecule is CC(C)(C)c1ccc(N2c3cc4c(cc3B3c5c2cc(-c2ccc6c(c2)C(C)(C)CCC6(C)C)cc5N(c2ccc5c(c2)C(C)(C)CCC5(C)C)c2oc5cc6c(cc5c23)C(C)(C)CCC6(C)C)C(C)(C)CCC4(C)C)cc1. The lowest BCUT2D eigenvalue weighted by Gasteiger charge is -2.47. The maximum atomic E-state index is 7.82. The van der Waals surface area contributed by atoms with Crippen molar-refractivity contribution in [2.24, 2.45) is 0 Å². The van der Waals surface area contributed by atoms with Crippen molar-refractivity contribution in [3.05, 3.63) is 147 Å². The number of nitrogens with zero attached hydrogens (tertiary/aromatic N) is 2. The van der Waals surface area contributed by atoms with Gasteiger partial charge in [-0.25, -0.2) is 0 Å². The Labute approximate surface area is 470 Å². The van der Waals surface area contributed by atoms with Crippen LogP contribution in [0.3, 0.4) is 0 Å². The maximum absolute atomic E-state index is 7.82. The monoisotopic (exact) mass is 1030 g/mol. The summed E-state index contributed by atoms with van der Waals surface area (Å²) < 4.78 is 7.82. The Kier molecular flexibility index (Phi) is 10.7. The van der Waals surface area contributed by atoms with E-state index in [0.717, 1.165) is 43.6 Å². The van der Waals surface area contributed by atoms with E-state index in [0.29, 0.717) is 0 Å². The van der Waals surface area contributed by atoms with E-state index in [4.69, 9.17) is 4.42 Å². The summed E-state index contributed by atoms with van der Waals surface area (Å²) >= 11 is 0. The standard InChI is InChI=1S/C74H89BN2O/c1-66(2,3)46-21-23-47(24-22-46)76-59-42-56-55(72(14,15)33-34-73(56,16)17)41-58(59)75-63-49-40-54-57(74(18,19)35-32-71(54,12)13)43-62(49)78-65(63)77(48-25-27-51-53(39-48)70(10,11)31-29-68(51,6)7)61-38-45(37-60(76)64(61)75)44-20-26-50-52(36-44)69(8,9)30-28-67(50,4)5/h20-27,36-43H,28-35H2,1-19H3. The highest BCUT2D eigenvalue weighted by Crippen LogP contribution is 2.56. The quantitative estimate of drug-likeness (QED) is 0.164. The fraction of sp³-hybridized carbons (Fsp3) is 0.486. The Morgan fingerprint density at radius 2 is 0.795 bits per heavy atom.